The Balaban J connectivity index is 2.70. The monoisotopic (exact) mass is 271 g/mol. The van der Waals surface area contributed by atoms with E-state index in [9.17, 15) is 8.42 Å². The number of aryl methyl sites for hydroxylation is 1. The molecule has 0 aliphatic carbocycles. The number of nitrogens with one attached hydrogen (secondary N) is 1. The van der Waals surface area contributed by atoms with E-state index in [0.717, 1.165) is 18.4 Å². The van der Waals surface area contributed by atoms with E-state index < -0.39 is 10.0 Å². The van der Waals surface area contributed by atoms with E-state index in [4.69, 9.17) is 5.11 Å². The number of benzene rings is 1. The molecule has 5 heteroatoms. The van der Waals surface area contributed by atoms with Gasteiger partial charge in [0.2, 0.25) is 10.0 Å². The molecule has 0 amide bonds. The third kappa shape index (κ3) is 4.76. The second-order valence-electron chi connectivity index (χ2n) is 4.70. The van der Waals surface area contributed by atoms with Crippen molar-refractivity contribution in [2.45, 2.75) is 31.6 Å². The molecule has 0 aliphatic heterocycles. The first kappa shape index (κ1) is 15.1. The van der Waals surface area contributed by atoms with Crippen LogP contribution in [-0.4, -0.2) is 26.7 Å². The van der Waals surface area contributed by atoms with Crippen molar-refractivity contribution in [1.82, 2.24) is 4.72 Å². The van der Waals surface area contributed by atoms with Gasteiger partial charge in [0.15, 0.2) is 0 Å². The van der Waals surface area contributed by atoms with Crippen LogP contribution in [0.3, 0.4) is 0 Å². The highest BCUT2D eigenvalue weighted by atomic mass is 32.2. The van der Waals surface area contributed by atoms with Gasteiger partial charge >= 0.3 is 0 Å². The number of rotatable bonds is 7. The average molecular weight is 271 g/mol. The minimum atomic E-state index is -3.48. The van der Waals surface area contributed by atoms with Gasteiger partial charge in [0.25, 0.3) is 0 Å². The first-order chi connectivity index (χ1) is 8.45. The largest absolute Gasteiger partial charge is 0.395 e. The molecule has 0 atom stereocenters. The lowest BCUT2D eigenvalue weighted by atomic mass is 10.0. The number of aliphatic hydroxyl groups is 1. The van der Waals surface area contributed by atoms with Crippen molar-refractivity contribution in [1.29, 1.82) is 0 Å². The van der Waals surface area contributed by atoms with E-state index in [-0.39, 0.29) is 18.0 Å². The van der Waals surface area contributed by atoms with Crippen LogP contribution < -0.4 is 4.72 Å². The zero-order chi connectivity index (χ0) is 13.6. The highest BCUT2D eigenvalue weighted by Crippen LogP contribution is 2.13. The molecule has 0 unspecified atom stereocenters. The van der Waals surface area contributed by atoms with Gasteiger partial charge in [0.05, 0.1) is 11.5 Å². The Morgan fingerprint density at radius 2 is 1.83 bits per heavy atom. The smallest absolute Gasteiger partial charge is 0.240 e. The van der Waals surface area contributed by atoms with Crippen LogP contribution in [0.1, 0.15) is 25.8 Å². The van der Waals surface area contributed by atoms with E-state index >= 15 is 0 Å². The fourth-order valence-corrected chi connectivity index (χ4v) is 2.58. The summed E-state index contributed by atoms with van der Waals surface area (Å²) in [5, 5.41) is 8.62. The Kier molecular flexibility index (Phi) is 5.78. The van der Waals surface area contributed by atoms with Gasteiger partial charge in [-0.15, -0.1) is 0 Å². The average Bonchev–Trinajstić information content (AvgIpc) is 2.34. The Bertz CT molecular complexity index is 452. The topological polar surface area (TPSA) is 66.4 Å². The second-order valence-corrected chi connectivity index (χ2v) is 6.46. The maximum atomic E-state index is 11.7. The number of hydrogen-bond acceptors (Lipinski definition) is 3. The van der Waals surface area contributed by atoms with Crippen molar-refractivity contribution >= 4 is 10.0 Å². The van der Waals surface area contributed by atoms with Gasteiger partial charge in [-0.25, -0.2) is 13.1 Å². The van der Waals surface area contributed by atoms with Crippen LogP contribution in [0.5, 0.6) is 0 Å². The zero-order valence-corrected chi connectivity index (χ0v) is 11.7. The molecule has 0 saturated heterocycles. The van der Waals surface area contributed by atoms with Gasteiger partial charge in [-0.1, -0.05) is 26.0 Å². The zero-order valence-electron chi connectivity index (χ0n) is 10.9. The second kappa shape index (κ2) is 6.87. The van der Waals surface area contributed by atoms with Crippen LogP contribution in [0.2, 0.25) is 0 Å². The van der Waals surface area contributed by atoms with E-state index in [1.165, 1.54) is 0 Å². The molecule has 0 saturated carbocycles. The highest BCUT2D eigenvalue weighted by molar-refractivity contribution is 7.89. The summed E-state index contributed by atoms with van der Waals surface area (Å²) < 4.78 is 25.8. The fraction of sp³-hybridized carbons (Fsp3) is 0.538. The van der Waals surface area contributed by atoms with Gasteiger partial charge in [0, 0.05) is 6.54 Å². The predicted octanol–water partition coefficient (Wildman–Crippen LogP) is 1.55. The van der Waals surface area contributed by atoms with Crippen molar-refractivity contribution in [2.75, 3.05) is 13.2 Å². The fourth-order valence-electron chi connectivity index (χ4n) is 1.55. The van der Waals surface area contributed by atoms with E-state index in [2.05, 4.69) is 18.6 Å². The summed E-state index contributed by atoms with van der Waals surface area (Å²) in [6.45, 7) is 4.17. The molecule has 4 nitrogen and oxygen atoms in total. The van der Waals surface area contributed by atoms with Crippen molar-refractivity contribution in [2.24, 2.45) is 5.92 Å². The molecule has 0 radical (unpaired) electrons. The lowest BCUT2D eigenvalue weighted by Crippen LogP contribution is -2.26. The predicted molar refractivity (Wildman–Crippen MR) is 71.9 cm³/mol. The van der Waals surface area contributed by atoms with Gasteiger partial charge in [-0.3, -0.25) is 0 Å². The molecule has 0 aliphatic rings. The Hall–Kier alpha value is -0.910. The molecule has 0 spiro atoms. The Morgan fingerprint density at radius 3 is 2.33 bits per heavy atom. The quantitative estimate of drug-likeness (QED) is 0.790. The van der Waals surface area contributed by atoms with E-state index in [1.807, 2.05) is 12.1 Å². The first-order valence-electron chi connectivity index (χ1n) is 6.15. The van der Waals surface area contributed by atoms with Gasteiger partial charge in [0.1, 0.15) is 0 Å². The van der Waals surface area contributed by atoms with Gasteiger partial charge < -0.3 is 5.11 Å². The van der Waals surface area contributed by atoms with Crippen molar-refractivity contribution in [3.8, 4) is 0 Å². The summed E-state index contributed by atoms with van der Waals surface area (Å²) in [7, 11) is -3.48. The summed E-state index contributed by atoms with van der Waals surface area (Å²) in [4.78, 5) is 0.240. The van der Waals surface area contributed by atoms with E-state index in [1.54, 1.807) is 12.1 Å². The summed E-state index contributed by atoms with van der Waals surface area (Å²) in [6, 6.07) is 6.90. The van der Waals surface area contributed by atoms with Crippen LogP contribution >= 0.6 is 0 Å². The lowest BCUT2D eigenvalue weighted by molar-refractivity contribution is 0.301. The highest BCUT2D eigenvalue weighted by Gasteiger charge is 2.12. The Morgan fingerprint density at radius 1 is 1.22 bits per heavy atom. The molecule has 18 heavy (non-hydrogen) atoms. The molecule has 0 heterocycles. The molecule has 1 rings (SSSR count). The van der Waals surface area contributed by atoms with Crippen LogP contribution in [0, 0.1) is 5.92 Å². The number of sulfonamides is 1. The molecule has 0 bridgehead atoms. The maximum absolute atomic E-state index is 11.7. The minimum absolute atomic E-state index is 0.0391. The minimum Gasteiger partial charge on any atom is -0.395 e. The molecule has 0 fully saturated rings. The third-order valence-corrected chi connectivity index (χ3v) is 4.12. The molecule has 1 aromatic rings. The Labute approximate surface area is 109 Å². The SMILES string of the molecule is CC(C)CCc1ccc(S(=O)(=O)NCCO)cc1. The molecule has 1 aromatic carbocycles. The van der Waals surface area contributed by atoms with Crippen LogP contribution in [-0.2, 0) is 16.4 Å². The van der Waals surface area contributed by atoms with Crippen molar-refractivity contribution < 1.29 is 13.5 Å². The van der Waals surface area contributed by atoms with Gasteiger partial charge in [-0.2, -0.15) is 0 Å². The standard InChI is InChI=1S/C13H21NO3S/c1-11(2)3-4-12-5-7-13(8-6-12)18(16,17)14-9-10-15/h5-8,11,14-15H,3-4,9-10H2,1-2H3. The normalized spacial score (nSPS) is 12.0. The lowest BCUT2D eigenvalue weighted by Gasteiger charge is -2.07. The molecular weight excluding hydrogens is 250 g/mol. The molecule has 0 aromatic heterocycles. The number of aliphatic hydroxyl groups excluding tert-OH is 1. The van der Waals surface area contributed by atoms with Crippen LogP contribution in [0.4, 0.5) is 0 Å². The first-order valence-corrected chi connectivity index (χ1v) is 7.63. The maximum Gasteiger partial charge on any atom is 0.240 e. The molecular formula is C13H21NO3S. The van der Waals surface area contributed by atoms with E-state index in [0.29, 0.717) is 5.92 Å². The summed E-state index contributed by atoms with van der Waals surface area (Å²) in [5.74, 6) is 0.639. The summed E-state index contributed by atoms with van der Waals surface area (Å²) in [5.41, 5.74) is 1.14. The summed E-state index contributed by atoms with van der Waals surface area (Å²) >= 11 is 0. The van der Waals surface area contributed by atoms with Gasteiger partial charge in [-0.05, 0) is 36.5 Å². The van der Waals surface area contributed by atoms with Crippen molar-refractivity contribution in [3.63, 3.8) is 0 Å². The number of hydrogen-bond donors (Lipinski definition) is 2. The van der Waals surface area contributed by atoms with Crippen LogP contribution in [0.15, 0.2) is 29.2 Å². The summed E-state index contributed by atoms with van der Waals surface area (Å²) in [6.07, 6.45) is 2.05. The molecule has 102 valence electrons. The van der Waals surface area contributed by atoms with Crippen LogP contribution in [0.25, 0.3) is 0 Å². The third-order valence-electron chi connectivity index (χ3n) is 2.65. The van der Waals surface area contributed by atoms with Crippen molar-refractivity contribution in [3.05, 3.63) is 29.8 Å². The molecule has 2 N–H and O–H groups in total.